The van der Waals surface area contributed by atoms with Crippen molar-refractivity contribution in [3.8, 4) is 0 Å². The van der Waals surface area contributed by atoms with Crippen LogP contribution in [0.4, 0.5) is 0 Å². The van der Waals surface area contributed by atoms with Crippen LogP contribution in [0.3, 0.4) is 0 Å². The fourth-order valence-corrected chi connectivity index (χ4v) is 6.13. The molecule has 3 atom stereocenters. The van der Waals surface area contributed by atoms with Crippen molar-refractivity contribution in [3.63, 3.8) is 0 Å². The molecule has 3 unspecified atom stereocenters. The number of aliphatic hydroxyl groups excluding tert-OH is 1. The molecule has 3 N–H and O–H groups in total. The number of phosphoric acid groups is 1. The van der Waals surface area contributed by atoms with Gasteiger partial charge in [-0.15, -0.1) is 0 Å². The lowest BCUT2D eigenvalue weighted by Crippen LogP contribution is -2.45. The number of allylic oxidation sites excluding steroid dienone is 1. The van der Waals surface area contributed by atoms with Crippen molar-refractivity contribution in [3.05, 3.63) is 12.2 Å². The van der Waals surface area contributed by atoms with Crippen LogP contribution in [0.15, 0.2) is 12.2 Å². The third-order valence-corrected chi connectivity index (χ3v) is 9.49. The van der Waals surface area contributed by atoms with Gasteiger partial charge in [0.1, 0.15) is 13.2 Å². The Labute approximate surface area is 284 Å². The zero-order valence-electron chi connectivity index (χ0n) is 30.8. The topological polar surface area (TPSA) is 105 Å². The highest BCUT2D eigenvalue weighted by atomic mass is 31.2. The maximum atomic E-state index is 12.4. The van der Waals surface area contributed by atoms with Gasteiger partial charge in [-0.2, -0.15) is 0 Å². The molecule has 274 valence electrons. The van der Waals surface area contributed by atoms with Gasteiger partial charge in [-0.25, -0.2) is 4.57 Å². The Morgan fingerprint density at radius 2 is 1.15 bits per heavy atom. The van der Waals surface area contributed by atoms with Gasteiger partial charge in [0.25, 0.3) is 0 Å². The van der Waals surface area contributed by atoms with Crippen molar-refractivity contribution in [1.29, 1.82) is 0 Å². The highest BCUT2D eigenvalue weighted by Gasteiger charge is 2.27. The summed E-state index contributed by atoms with van der Waals surface area (Å²) in [5.41, 5.74) is 0. The molecule has 0 spiro atoms. The number of phosphoric ester groups is 1. The van der Waals surface area contributed by atoms with Crippen LogP contribution in [-0.2, 0) is 18.4 Å². The van der Waals surface area contributed by atoms with Crippen molar-refractivity contribution in [2.24, 2.45) is 0 Å². The molecule has 9 heteroatoms. The summed E-state index contributed by atoms with van der Waals surface area (Å²) in [6.07, 6.45) is 32.2. The average Bonchev–Trinajstić information content (AvgIpc) is 2.99. The van der Waals surface area contributed by atoms with Crippen LogP contribution in [0.25, 0.3) is 0 Å². The minimum absolute atomic E-state index is 0.0627. The van der Waals surface area contributed by atoms with E-state index in [0.717, 1.165) is 38.5 Å². The Hall–Kier alpha value is -0.760. The summed E-state index contributed by atoms with van der Waals surface area (Å²) in [5.74, 6) is -0.202. The lowest BCUT2D eigenvalue weighted by atomic mass is 10.0. The van der Waals surface area contributed by atoms with Gasteiger partial charge in [-0.05, 0) is 19.3 Å². The number of aliphatic hydroxyl groups is 1. The van der Waals surface area contributed by atoms with Crippen LogP contribution >= 0.6 is 7.82 Å². The first-order chi connectivity index (χ1) is 22.0. The number of rotatable bonds is 34. The van der Waals surface area contributed by atoms with Gasteiger partial charge in [0.15, 0.2) is 0 Å². The van der Waals surface area contributed by atoms with Gasteiger partial charge in [-0.1, -0.05) is 154 Å². The Kier molecular flexibility index (Phi) is 29.8. The third kappa shape index (κ3) is 31.8. The van der Waals surface area contributed by atoms with E-state index in [0.29, 0.717) is 17.4 Å². The Balaban J connectivity index is 4.11. The van der Waals surface area contributed by atoms with Crippen LogP contribution in [0.1, 0.15) is 168 Å². The monoisotopic (exact) mass is 676 g/mol. The summed E-state index contributed by atoms with van der Waals surface area (Å²) >= 11 is 0. The Bertz CT molecular complexity index is 773. The highest BCUT2D eigenvalue weighted by Crippen LogP contribution is 2.43. The van der Waals surface area contributed by atoms with Gasteiger partial charge < -0.3 is 19.8 Å². The summed E-state index contributed by atoms with van der Waals surface area (Å²) in [4.78, 5) is 22.5. The van der Waals surface area contributed by atoms with Crippen LogP contribution in [0.5, 0.6) is 0 Å². The number of nitrogens with one attached hydrogen (secondary N) is 1. The lowest BCUT2D eigenvalue weighted by molar-refractivity contribution is -0.870. The summed E-state index contributed by atoms with van der Waals surface area (Å²) in [6.45, 7) is 4.63. The van der Waals surface area contributed by atoms with E-state index in [1.165, 1.54) is 109 Å². The Morgan fingerprint density at radius 3 is 1.61 bits per heavy atom. The van der Waals surface area contributed by atoms with Crippen molar-refractivity contribution < 1.29 is 32.9 Å². The van der Waals surface area contributed by atoms with E-state index in [-0.39, 0.29) is 19.1 Å². The van der Waals surface area contributed by atoms with E-state index in [1.54, 1.807) is 6.08 Å². The van der Waals surface area contributed by atoms with Crippen LogP contribution < -0.4 is 5.32 Å². The fraction of sp³-hybridized carbons (Fsp3) is 0.919. The molecule has 0 aromatic heterocycles. The molecule has 0 heterocycles. The van der Waals surface area contributed by atoms with E-state index < -0.39 is 20.0 Å². The van der Waals surface area contributed by atoms with Crippen molar-refractivity contribution in [2.45, 2.75) is 180 Å². The molecule has 0 aliphatic rings. The second-order valence-electron chi connectivity index (χ2n) is 14.3. The lowest BCUT2D eigenvalue weighted by Gasteiger charge is -2.25. The molecule has 0 bridgehead atoms. The fourth-order valence-electron chi connectivity index (χ4n) is 5.39. The maximum absolute atomic E-state index is 12.4. The SMILES string of the molecule is CCCCCCCCCCCCCCCCCCCCC/C=C/C(O)C(COP(=O)(O)OCC[N+](C)(C)C)NC(=O)CCCCC. The quantitative estimate of drug-likeness (QED) is 0.0272. The van der Waals surface area contributed by atoms with Crippen LogP contribution in [-0.4, -0.2) is 73.4 Å². The Morgan fingerprint density at radius 1 is 0.717 bits per heavy atom. The van der Waals surface area contributed by atoms with Crippen LogP contribution in [0.2, 0.25) is 0 Å². The predicted molar refractivity (Wildman–Crippen MR) is 194 cm³/mol. The van der Waals surface area contributed by atoms with Gasteiger partial charge in [0.05, 0.1) is 39.9 Å². The number of nitrogens with zero attached hydrogens (tertiary/aromatic N) is 1. The van der Waals surface area contributed by atoms with Crippen molar-refractivity contribution in [1.82, 2.24) is 5.32 Å². The van der Waals surface area contributed by atoms with Gasteiger partial charge >= 0.3 is 7.82 Å². The molecular weight excluding hydrogens is 599 g/mol. The smallest absolute Gasteiger partial charge is 0.387 e. The largest absolute Gasteiger partial charge is 0.472 e. The second kappa shape index (κ2) is 30.3. The maximum Gasteiger partial charge on any atom is 0.472 e. The number of unbranched alkanes of at least 4 members (excludes halogenated alkanes) is 21. The molecule has 0 saturated heterocycles. The van der Waals surface area contributed by atoms with Gasteiger partial charge in [0, 0.05) is 6.42 Å². The number of carbonyl (C=O) groups excluding carboxylic acids is 1. The summed E-state index contributed by atoms with van der Waals surface area (Å²) in [6, 6.07) is -0.835. The number of quaternary nitrogens is 1. The minimum Gasteiger partial charge on any atom is -0.387 e. The molecule has 8 nitrogen and oxygen atoms in total. The normalized spacial score (nSPS) is 14.8. The highest BCUT2D eigenvalue weighted by molar-refractivity contribution is 7.47. The number of hydrogen-bond donors (Lipinski definition) is 3. The first-order valence-electron chi connectivity index (χ1n) is 19.1. The molecule has 0 aromatic carbocycles. The molecule has 46 heavy (non-hydrogen) atoms. The summed E-state index contributed by atoms with van der Waals surface area (Å²) < 4.78 is 23.2. The second-order valence-corrected chi connectivity index (χ2v) is 15.8. The molecule has 1 amide bonds. The minimum atomic E-state index is -4.31. The number of likely N-dealkylation sites (N-methyl/N-ethyl adjacent to an activating group) is 1. The summed E-state index contributed by atoms with van der Waals surface area (Å²) in [7, 11) is 1.57. The van der Waals surface area contributed by atoms with E-state index in [2.05, 4.69) is 19.2 Å². The zero-order valence-corrected chi connectivity index (χ0v) is 31.7. The molecule has 0 radical (unpaired) electrons. The summed E-state index contributed by atoms with van der Waals surface area (Å²) in [5, 5.41) is 13.6. The van der Waals surface area contributed by atoms with E-state index >= 15 is 0 Å². The molecule has 0 rings (SSSR count). The standard InChI is InChI=1S/C37H75N2O6P/c1-6-8-10-11-12-13-14-15-16-17-18-19-20-21-22-23-24-25-26-27-29-30-36(40)35(38-37(41)31-28-9-7-2)34-45-46(42,43)44-33-32-39(3,4)5/h29-30,35-36,40H,6-28,31-34H2,1-5H3,(H-,38,41,42,43)/p+1/b30-29+. The number of carbonyl (C=O) groups is 1. The van der Waals surface area contributed by atoms with E-state index in [1.807, 2.05) is 27.2 Å². The molecule has 0 aliphatic heterocycles. The number of hydrogen-bond acceptors (Lipinski definition) is 5. The zero-order chi connectivity index (χ0) is 34.4. The van der Waals surface area contributed by atoms with E-state index in [9.17, 15) is 19.4 Å². The first-order valence-corrected chi connectivity index (χ1v) is 20.6. The first kappa shape index (κ1) is 45.2. The molecule has 0 fully saturated rings. The van der Waals surface area contributed by atoms with Gasteiger partial charge in [-0.3, -0.25) is 13.8 Å². The average molecular weight is 676 g/mol. The van der Waals surface area contributed by atoms with Crippen molar-refractivity contribution in [2.75, 3.05) is 40.9 Å². The predicted octanol–water partition coefficient (Wildman–Crippen LogP) is 9.63. The third-order valence-electron chi connectivity index (χ3n) is 8.51. The van der Waals surface area contributed by atoms with Crippen LogP contribution in [0, 0.1) is 0 Å². The molecule has 0 aliphatic carbocycles. The molecular formula is C37H76N2O6P+. The molecule has 0 saturated carbocycles. The van der Waals surface area contributed by atoms with Crippen molar-refractivity contribution >= 4 is 13.7 Å². The van der Waals surface area contributed by atoms with E-state index in [4.69, 9.17) is 9.05 Å². The molecule has 0 aromatic rings. The number of amides is 1. The van der Waals surface area contributed by atoms with Gasteiger partial charge in [0.2, 0.25) is 5.91 Å².